The first kappa shape index (κ1) is 14.4. The monoisotopic (exact) mass is 290 g/mol. The number of nitrogens with one attached hydrogen (secondary N) is 1. The highest BCUT2D eigenvalue weighted by atomic mass is 32.1. The highest BCUT2D eigenvalue weighted by molar-refractivity contribution is 7.09. The van der Waals surface area contributed by atoms with Crippen molar-refractivity contribution in [1.29, 1.82) is 0 Å². The normalized spacial score (nSPS) is 10.9. The van der Waals surface area contributed by atoms with Crippen LogP contribution in [0.25, 0.3) is 6.08 Å². The van der Waals surface area contributed by atoms with Gasteiger partial charge in [0.25, 0.3) is 0 Å². The molecule has 104 valence electrons. The van der Waals surface area contributed by atoms with E-state index in [9.17, 15) is 9.18 Å². The Bertz CT molecular complexity index is 605. The van der Waals surface area contributed by atoms with E-state index in [1.54, 1.807) is 29.5 Å². The molecule has 0 saturated carbocycles. The van der Waals surface area contributed by atoms with Crippen LogP contribution in [-0.4, -0.2) is 17.4 Å². The van der Waals surface area contributed by atoms with Crippen molar-refractivity contribution in [2.24, 2.45) is 0 Å². The van der Waals surface area contributed by atoms with Gasteiger partial charge in [-0.2, -0.15) is 0 Å². The van der Waals surface area contributed by atoms with Crippen LogP contribution in [-0.2, 0) is 11.2 Å². The molecule has 20 heavy (non-hydrogen) atoms. The Kier molecular flexibility index (Phi) is 5.01. The first-order chi connectivity index (χ1) is 9.63. The summed E-state index contributed by atoms with van der Waals surface area (Å²) in [4.78, 5) is 15.9. The van der Waals surface area contributed by atoms with Crippen molar-refractivity contribution in [2.45, 2.75) is 13.3 Å². The number of nitrogens with zero attached hydrogens (tertiary/aromatic N) is 1. The summed E-state index contributed by atoms with van der Waals surface area (Å²) in [6.45, 7) is 2.50. The number of rotatable bonds is 5. The molecular formula is C15H15FN2OS. The summed E-state index contributed by atoms with van der Waals surface area (Å²) >= 11 is 1.60. The number of hydrogen-bond acceptors (Lipinski definition) is 3. The summed E-state index contributed by atoms with van der Waals surface area (Å²) < 4.78 is 12.7. The van der Waals surface area contributed by atoms with Crippen LogP contribution in [0, 0.1) is 12.7 Å². The van der Waals surface area contributed by atoms with Gasteiger partial charge in [-0.3, -0.25) is 4.79 Å². The first-order valence-corrected chi connectivity index (χ1v) is 7.14. The van der Waals surface area contributed by atoms with Crippen molar-refractivity contribution in [3.63, 3.8) is 0 Å². The zero-order chi connectivity index (χ0) is 14.4. The molecule has 5 heteroatoms. The SMILES string of the molecule is Cc1csc(CCNC(=O)/C=C/c2ccc(F)cc2)n1. The lowest BCUT2D eigenvalue weighted by Crippen LogP contribution is -2.23. The van der Waals surface area contributed by atoms with Gasteiger partial charge in [-0.25, -0.2) is 9.37 Å². The standard InChI is InChI=1S/C15H15FN2OS/c1-11-10-20-15(18-11)8-9-17-14(19)7-4-12-2-5-13(16)6-3-12/h2-7,10H,8-9H2,1H3,(H,17,19)/b7-4+. The molecule has 0 bridgehead atoms. The zero-order valence-electron chi connectivity index (χ0n) is 11.1. The highest BCUT2D eigenvalue weighted by Gasteiger charge is 2.00. The van der Waals surface area contributed by atoms with Crippen LogP contribution in [0.2, 0.25) is 0 Å². The minimum absolute atomic E-state index is 0.164. The zero-order valence-corrected chi connectivity index (χ0v) is 11.9. The molecule has 1 amide bonds. The molecule has 3 nitrogen and oxygen atoms in total. The lowest BCUT2D eigenvalue weighted by Gasteiger charge is -1.99. The van der Waals surface area contributed by atoms with E-state index in [0.717, 1.165) is 22.7 Å². The largest absolute Gasteiger partial charge is 0.352 e. The summed E-state index contributed by atoms with van der Waals surface area (Å²) in [5.41, 5.74) is 1.80. The third-order valence-corrected chi connectivity index (χ3v) is 3.63. The summed E-state index contributed by atoms with van der Waals surface area (Å²) in [7, 11) is 0. The predicted molar refractivity (Wildman–Crippen MR) is 79.0 cm³/mol. The van der Waals surface area contributed by atoms with E-state index in [-0.39, 0.29) is 11.7 Å². The average molecular weight is 290 g/mol. The minimum Gasteiger partial charge on any atom is -0.352 e. The Morgan fingerprint density at radius 3 is 2.80 bits per heavy atom. The average Bonchev–Trinajstić information content (AvgIpc) is 2.84. The van der Waals surface area contributed by atoms with Gasteiger partial charge in [0.2, 0.25) is 5.91 Å². The van der Waals surface area contributed by atoms with E-state index in [4.69, 9.17) is 0 Å². The van der Waals surface area contributed by atoms with Gasteiger partial charge < -0.3 is 5.32 Å². The molecule has 1 aromatic carbocycles. The fraction of sp³-hybridized carbons (Fsp3) is 0.200. The number of benzene rings is 1. The van der Waals surface area contributed by atoms with Gasteiger partial charge in [-0.1, -0.05) is 12.1 Å². The van der Waals surface area contributed by atoms with Crippen molar-refractivity contribution in [2.75, 3.05) is 6.54 Å². The maximum absolute atomic E-state index is 12.7. The van der Waals surface area contributed by atoms with Crippen LogP contribution < -0.4 is 5.32 Å². The molecule has 2 aromatic rings. The second-order valence-electron chi connectivity index (χ2n) is 4.31. The van der Waals surface area contributed by atoms with Gasteiger partial charge in [-0.15, -0.1) is 11.3 Å². The van der Waals surface area contributed by atoms with Crippen molar-refractivity contribution < 1.29 is 9.18 Å². The van der Waals surface area contributed by atoms with E-state index in [1.165, 1.54) is 18.2 Å². The van der Waals surface area contributed by atoms with E-state index in [2.05, 4.69) is 10.3 Å². The summed E-state index contributed by atoms with van der Waals surface area (Å²) in [5, 5.41) is 5.80. The molecule has 0 fully saturated rings. The van der Waals surface area contributed by atoms with Crippen molar-refractivity contribution >= 4 is 23.3 Å². The molecule has 0 atom stereocenters. The molecule has 0 spiro atoms. The van der Waals surface area contributed by atoms with Crippen LogP contribution in [0.5, 0.6) is 0 Å². The van der Waals surface area contributed by atoms with Crippen LogP contribution in [0.4, 0.5) is 4.39 Å². The molecule has 2 rings (SSSR count). The Labute approximate surface area is 121 Å². The third-order valence-electron chi connectivity index (χ3n) is 2.60. The Morgan fingerprint density at radius 2 is 2.15 bits per heavy atom. The number of aromatic nitrogens is 1. The van der Waals surface area contributed by atoms with E-state index in [0.29, 0.717) is 6.54 Å². The topological polar surface area (TPSA) is 42.0 Å². The number of carbonyl (C=O) groups is 1. The number of carbonyl (C=O) groups excluding carboxylic acids is 1. The lowest BCUT2D eigenvalue weighted by molar-refractivity contribution is -0.116. The van der Waals surface area contributed by atoms with E-state index in [1.807, 2.05) is 12.3 Å². The lowest BCUT2D eigenvalue weighted by atomic mass is 10.2. The van der Waals surface area contributed by atoms with Gasteiger partial charge in [0.15, 0.2) is 0 Å². The van der Waals surface area contributed by atoms with Gasteiger partial charge in [-0.05, 0) is 30.7 Å². The summed E-state index contributed by atoms with van der Waals surface area (Å²) in [6.07, 6.45) is 3.83. The number of thiazole rings is 1. The minimum atomic E-state index is -0.287. The molecule has 0 aliphatic rings. The van der Waals surface area contributed by atoms with Gasteiger partial charge in [0.1, 0.15) is 5.82 Å². The maximum atomic E-state index is 12.7. The van der Waals surface area contributed by atoms with E-state index >= 15 is 0 Å². The number of halogens is 1. The maximum Gasteiger partial charge on any atom is 0.244 e. The molecule has 1 heterocycles. The molecule has 0 aliphatic carbocycles. The first-order valence-electron chi connectivity index (χ1n) is 6.26. The smallest absolute Gasteiger partial charge is 0.244 e. The Morgan fingerprint density at radius 1 is 1.40 bits per heavy atom. The van der Waals surface area contributed by atoms with Crippen LogP contribution in [0.15, 0.2) is 35.7 Å². The fourth-order valence-electron chi connectivity index (χ4n) is 1.61. The second-order valence-corrected chi connectivity index (χ2v) is 5.25. The number of hydrogen-bond donors (Lipinski definition) is 1. The van der Waals surface area contributed by atoms with Crippen LogP contribution in [0.1, 0.15) is 16.3 Å². The fourth-order valence-corrected chi connectivity index (χ4v) is 2.39. The Balaban J connectivity index is 1.76. The summed E-state index contributed by atoms with van der Waals surface area (Å²) in [6, 6.07) is 5.97. The number of aryl methyl sites for hydroxylation is 1. The van der Waals surface area contributed by atoms with Crippen molar-refractivity contribution in [3.05, 3.63) is 57.8 Å². The quantitative estimate of drug-likeness (QED) is 0.860. The van der Waals surface area contributed by atoms with Crippen molar-refractivity contribution in [3.8, 4) is 0 Å². The van der Waals surface area contributed by atoms with Crippen LogP contribution >= 0.6 is 11.3 Å². The highest BCUT2D eigenvalue weighted by Crippen LogP contribution is 2.08. The molecular weight excluding hydrogens is 275 g/mol. The van der Waals surface area contributed by atoms with Gasteiger partial charge in [0, 0.05) is 30.1 Å². The second kappa shape index (κ2) is 6.96. The van der Waals surface area contributed by atoms with Crippen molar-refractivity contribution in [1.82, 2.24) is 10.3 Å². The Hall–Kier alpha value is -2.01. The van der Waals surface area contributed by atoms with E-state index < -0.39 is 0 Å². The molecule has 1 aromatic heterocycles. The van der Waals surface area contributed by atoms with Gasteiger partial charge in [0.05, 0.1) is 5.01 Å². The molecule has 0 radical (unpaired) electrons. The molecule has 1 N–H and O–H groups in total. The third kappa shape index (κ3) is 4.59. The molecule has 0 aliphatic heterocycles. The number of amides is 1. The molecule has 0 saturated heterocycles. The predicted octanol–water partition coefficient (Wildman–Crippen LogP) is 2.96. The summed E-state index contributed by atoms with van der Waals surface area (Å²) in [5.74, 6) is -0.451. The molecule has 0 unspecified atom stereocenters. The van der Waals surface area contributed by atoms with Gasteiger partial charge >= 0.3 is 0 Å². The van der Waals surface area contributed by atoms with Crippen LogP contribution in [0.3, 0.4) is 0 Å².